The van der Waals surface area contributed by atoms with Crippen molar-refractivity contribution in [2.75, 3.05) is 0 Å². The van der Waals surface area contributed by atoms with Gasteiger partial charge in [0.05, 0.1) is 11.0 Å². The molecule has 4 heteroatoms. The van der Waals surface area contributed by atoms with E-state index >= 15 is 0 Å². The molecule has 158 valence electrons. The molecule has 6 rings (SSSR count). The highest BCUT2D eigenvalue weighted by Gasteiger charge is 2.30. The summed E-state index contributed by atoms with van der Waals surface area (Å²) in [6, 6.07) is 38.5. The molecule has 0 aliphatic carbocycles. The van der Waals surface area contributed by atoms with Gasteiger partial charge in [-0.1, -0.05) is 66.7 Å². The summed E-state index contributed by atoms with van der Waals surface area (Å²) in [7, 11) is -3.04. The summed E-state index contributed by atoms with van der Waals surface area (Å²) >= 11 is 0. The summed E-state index contributed by atoms with van der Waals surface area (Å²) in [5.74, 6) is 0. The lowest BCUT2D eigenvalue weighted by molar-refractivity contribution is 0.592. The number of pyridine rings is 1. The number of benzene rings is 4. The first-order chi connectivity index (χ1) is 16.3. The molecule has 0 bridgehead atoms. The molecule has 1 atom stereocenters. The first-order valence-electron chi connectivity index (χ1n) is 10.9. The monoisotopic (exact) mass is 444 g/mol. The van der Waals surface area contributed by atoms with Crippen LogP contribution in [-0.4, -0.2) is 9.55 Å². The van der Waals surface area contributed by atoms with E-state index in [1.54, 1.807) is 12.4 Å². The first-order valence-corrected chi connectivity index (χ1v) is 12.6. The predicted octanol–water partition coefficient (Wildman–Crippen LogP) is 5.82. The Morgan fingerprint density at radius 1 is 0.545 bits per heavy atom. The van der Waals surface area contributed by atoms with Crippen molar-refractivity contribution in [1.82, 2.24) is 9.55 Å². The number of fused-ring (bicyclic) bond motifs is 3. The van der Waals surface area contributed by atoms with Crippen LogP contribution in [-0.2, 0) is 4.57 Å². The van der Waals surface area contributed by atoms with E-state index in [9.17, 15) is 4.57 Å². The molecule has 2 aromatic heterocycles. The molecule has 4 aromatic carbocycles. The molecule has 0 aliphatic heterocycles. The Morgan fingerprint density at radius 3 is 1.70 bits per heavy atom. The van der Waals surface area contributed by atoms with Crippen LogP contribution in [0.1, 0.15) is 0 Å². The highest BCUT2D eigenvalue weighted by Crippen LogP contribution is 2.42. The molecule has 0 saturated carbocycles. The number of hydrogen-bond donors (Lipinski definition) is 0. The molecular formula is C29H21N2OP. The minimum atomic E-state index is -3.04. The van der Waals surface area contributed by atoms with Crippen LogP contribution in [0.5, 0.6) is 0 Å². The lowest BCUT2D eigenvalue weighted by atomic mass is 10.2. The molecule has 6 aromatic rings. The average molecular weight is 444 g/mol. The zero-order valence-corrected chi connectivity index (χ0v) is 18.8. The van der Waals surface area contributed by atoms with Gasteiger partial charge in [-0.2, -0.15) is 0 Å². The van der Waals surface area contributed by atoms with E-state index < -0.39 is 7.14 Å². The summed E-state index contributed by atoms with van der Waals surface area (Å²) in [5.41, 5.74) is 3.36. The molecule has 1 unspecified atom stereocenters. The molecule has 0 spiro atoms. The molecule has 0 saturated heterocycles. The van der Waals surface area contributed by atoms with Crippen molar-refractivity contribution < 1.29 is 4.57 Å². The summed E-state index contributed by atoms with van der Waals surface area (Å²) < 4.78 is 16.9. The predicted molar refractivity (Wildman–Crippen MR) is 138 cm³/mol. The van der Waals surface area contributed by atoms with Gasteiger partial charge in [0, 0.05) is 44.8 Å². The Bertz CT molecular complexity index is 1520. The second-order valence-corrected chi connectivity index (χ2v) is 10.8. The summed E-state index contributed by atoms with van der Waals surface area (Å²) in [5, 5.41) is 4.79. The van der Waals surface area contributed by atoms with Gasteiger partial charge in [-0.25, -0.2) is 0 Å². The molecule has 0 fully saturated rings. The zero-order chi connectivity index (χ0) is 22.3. The van der Waals surface area contributed by atoms with Crippen molar-refractivity contribution in [2.45, 2.75) is 0 Å². The number of hydrogen-bond acceptors (Lipinski definition) is 2. The molecule has 0 radical (unpaired) electrons. The van der Waals surface area contributed by atoms with Crippen molar-refractivity contribution >= 4 is 44.9 Å². The third-order valence-electron chi connectivity index (χ3n) is 6.18. The Balaban J connectivity index is 1.55. The fourth-order valence-electron chi connectivity index (χ4n) is 4.64. The standard InChI is InChI=1S/C29H21N2OP/c32-33(23-9-2-1-3-10-23,25-11-8-20-30-21-25)24-18-16-22(17-19-24)31-28-14-6-4-12-26(28)27-13-5-7-15-29(27)31/h1-21H. The van der Waals surface area contributed by atoms with Gasteiger partial charge < -0.3 is 9.13 Å². The maximum Gasteiger partial charge on any atom is 0.172 e. The van der Waals surface area contributed by atoms with Crippen LogP contribution in [0.2, 0.25) is 0 Å². The molecule has 33 heavy (non-hydrogen) atoms. The minimum absolute atomic E-state index is 0.737. The van der Waals surface area contributed by atoms with Crippen LogP contribution in [0.25, 0.3) is 27.5 Å². The average Bonchev–Trinajstić information content (AvgIpc) is 3.24. The van der Waals surface area contributed by atoms with Crippen LogP contribution in [0.15, 0.2) is 128 Å². The van der Waals surface area contributed by atoms with Crippen molar-refractivity contribution in [2.24, 2.45) is 0 Å². The summed E-state index contributed by atoms with van der Waals surface area (Å²) in [6.07, 6.45) is 3.43. The van der Waals surface area contributed by atoms with Crippen molar-refractivity contribution in [1.29, 1.82) is 0 Å². The Labute approximate surface area is 192 Å². The lowest BCUT2D eigenvalue weighted by Crippen LogP contribution is -2.25. The molecule has 3 nitrogen and oxygen atoms in total. The Morgan fingerprint density at radius 2 is 1.09 bits per heavy atom. The van der Waals surface area contributed by atoms with E-state index in [-0.39, 0.29) is 0 Å². The third-order valence-corrected chi connectivity index (χ3v) is 9.22. The topological polar surface area (TPSA) is 34.9 Å². The fourth-order valence-corrected chi connectivity index (χ4v) is 7.22. The van der Waals surface area contributed by atoms with Gasteiger partial charge >= 0.3 is 0 Å². The van der Waals surface area contributed by atoms with Gasteiger partial charge in [-0.05, 0) is 48.5 Å². The molecule has 0 amide bonds. The van der Waals surface area contributed by atoms with E-state index in [2.05, 4.69) is 70.2 Å². The highest BCUT2D eigenvalue weighted by molar-refractivity contribution is 7.85. The van der Waals surface area contributed by atoms with E-state index in [1.807, 2.05) is 54.6 Å². The summed E-state index contributed by atoms with van der Waals surface area (Å²) in [4.78, 5) is 4.25. The van der Waals surface area contributed by atoms with Crippen LogP contribution in [0.3, 0.4) is 0 Å². The first kappa shape index (κ1) is 19.7. The lowest BCUT2D eigenvalue weighted by Gasteiger charge is -2.20. The van der Waals surface area contributed by atoms with Gasteiger partial charge in [0.2, 0.25) is 0 Å². The molecule has 0 aliphatic rings. The smallest absolute Gasteiger partial charge is 0.172 e. The van der Waals surface area contributed by atoms with Crippen LogP contribution in [0, 0.1) is 0 Å². The maximum atomic E-state index is 14.6. The third kappa shape index (κ3) is 3.13. The van der Waals surface area contributed by atoms with Gasteiger partial charge in [0.1, 0.15) is 0 Å². The van der Waals surface area contributed by atoms with E-state index in [1.165, 1.54) is 10.8 Å². The molecule has 2 heterocycles. The van der Waals surface area contributed by atoms with Crippen LogP contribution >= 0.6 is 7.14 Å². The van der Waals surface area contributed by atoms with Crippen LogP contribution < -0.4 is 15.9 Å². The molecule has 0 N–H and O–H groups in total. The van der Waals surface area contributed by atoms with Crippen LogP contribution in [0.4, 0.5) is 0 Å². The normalized spacial score (nSPS) is 13.2. The Hall–Kier alpha value is -3.94. The van der Waals surface area contributed by atoms with E-state index in [0.717, 1.165) is 32.6 Å². The number of aromatic nitrogens is 2. The van der Waals surface area contributed by atoms with Gasteiger partial charge in [0.15, 0.2) is 7.14 Å². The fraction of sp³-hybridized carbons (Fsp3) is 0. The largest absolute Gasteiger partial charge is 0.309 e. The SMILES string of the molecule is O=P(c1ccccc1)(c1ccc(-n2c3ccccc3c3ccccc32)cc1)c1cccnc1. The maximum absolute atomic E-state index is 14.6. The minimum Gasteiger partial charge on any atom is -0.309 e. The summed E-state index contributed by atoms with van der Waals surface area (Å²) in [6.45, 7) is 0. The second kappa shape index (κ2) is 7.88. The molecular weight excluding hydrogens is 423 g/mol. The number of nitrogens with zero attached hydrogens (tertiary/aromatic N) is 2. The quantitative estimate of drug-likeness (QED) is 0.321. The van der Waals surface area contributed by atoms with Gasteiger partial charge in [-0.3, -0.25) is 4.98 Å². The van der Waals surface area contributed by atoms with Gasteiger partial charge in [0.25, 0.3) is 0 Å². The zero-order valence-electron chi connectivity index (χ0n) is 17.9. The van der Waals surface area contributed by atoms with Gasteiger partial charge in [-0.15, -0.1) is 0 Å². The van der Waals surface area contributed by atoms with E-state index in [4.69, 9.17) is 0 Å². The number of rotatable bonds is 4. The van der Waals surface area contributed by atoms with E-state index in [0.29, 0.717) is 0 Å². The van der Waals surface area contributed by atoms with Crippen molar-refractivity contribution in [3.05, 3.63) is 128 Å². The Kier molecular flexibility index (Phi) is 4.71. The number of para-hydroxylation sites is 2. The second-order valence-electron chi connectivity index (χ2n) is 8.04. The highest BCUT2D eigenvalue weighted by atomic mass is 31.2. The van der Waals surface area contributed by atoms with Crippen molar-refractivity contribution in [3.8, 4) is 5.69 Å². The van der Waals surface area contributed by atoms with Crippen molar-refractivity contribution in [3.63, 3.8) is 0 Å².